The molecule has 110 valence electrons. The molecule has 0 amide bonds. The highest BCUT2D eigenvalue weighted by atomic mass is 16.3. The van der Waals surface area contributed by atoms with Crippen LogP contribution in [0.25, 0.3) is 0 Å². The van der Waals surface area contributed by atoms with Crippen molar-refractivity contribution >= 4 is 0 Å². The van der Waals surface area contributed by atoms with E-state index in [1.165, 1.54) is 30.4 Å². The van der Waals surface area contributed by atoms with E-state index in [9.17, 15) is 5.11 Å². The first-order chi connectivity index (χ1) is 9.56. The van der Waals surface area contributed by atoms with Crippen molar-refractivity contribution in [1.82, 2.24) is 5.32 Å². The Hall–Kier alpha value is -0.860. The largest absolute Gasteiger partial charge is 0.393 e. The fourth-order valence-electron chi connectivity index (χ4n) is 3.99. The van der Waals surface area contributed by atoms with Crippen molar-refractivity contribution in [1.29, 1.82) is 0 Å². The van der Waals surface area contributed by atoms with Gasteiger partial charge in [0.1, 0.15) is 0 Å². The summed E-state index contributed by atoms with van der Waals surface area (Å²) in [5.74, 6) is 0. The van der Waals surface area contributed by atoms with Gasteiger partial charge in [0.05, 0.1) is 6.10 Å². The molecular weight excluding hydrogens is 246 g/mol. The predicted octanol–water partition coefficient (Wildman–Crippen LogP) is 3.69. The van der Waals surface area contributed by atoms with Crippen LogP contribution in [0.2, 0.25) is 0 Å². The molecule has 2 heteroatoms. The van der Waals surface area contributed by atoms with Crippen molar-refractivity contribution in [3.8, 4) is 0 Å². The van der Waals surface area contributed by atoms with Crippen molar-refractivity contribution < 1.29 is 5.11 Å². The fraction of sp³-hybridized carbons (Fsp3) is 0.667. The van der Waals surface area contributed by atoms with Gasteiger partial charge in [-0.2, -0.15) is 0 Å². The van der Waals surface area contributed by atoms with E-state index in [-0.39, 0.29) is 6.10 Å². The highest BCUT2D eigenvalue weighted by Crippen LogP contribution is 2.41. The number of rotatable bonds is 2. The summed E-state index contributed by atoms with van der Waals surface area (Å²) < 4.78 is 0. The van der Waals surface area contributed by atoms with Crippen LogP contribution in [0.5, 0.6) is 0 Å². The van der Waals surface area contributed by atoms with E-state index >= 15 is 0 Å². The second-order valence-corrected chi connectivity index (χ2v) is 7.25. The number of aliphatic hydroxyl groups excluding tert-OH is 1. The molecule has 0 aliphatic heterocycles. The summed E-state index contributed by atoms with van der Waals surface area (Å²) in [5, 5.41) is 13.7. The molecule has 2 nitrogen and oxygen atoms in total. The maximum atomic E-state index is 9.85. The van der Waals surface area contributed by atoms with Crippen LogP contribution in [0.3, 0.4) is 0 Å². The average molecular weight is 273 g/mol. The Morgan fingerprint density at radius 1 is 1.15 bits per heavy atom. The number of hydrogen-bond acceptors (Lipinski definition) is 2. The molecule has 0 aromatic heterocycles. The van der Waals surface area contributed by atoms with E-state index in [2.05, 4.69) is 43.4 Å². The highest BCUT2D eigenvalue weighted by molar-refractivity contribution is 5.38. The molecule has 0 heterocycles. The molecule has 1 fully saturated rings. The summed E-state index contributed by atoms with van der Waals surface area (Å²) >= 11 is 0. The molecule has 1 saturated carbocycles. The monoisotopic (exact) mass is 273 g/mol. The molecule has 20 heavy (non-hydrogen) atoms. The van der Waals surface area contributed by atoms with Gasteiger partial charge in [-0.3, -0.25) is 0 Å². The molecule has 0 bridgehead atoms. The second kappa shape index (κ2) is 5.50. The standard InChI is InChI=1S/C18H27NO/c1-18(2)11-10-17(15-8-3-4-9-16(15)18)19-13-6-5-7-14(20)12-13/h3-4,8-9,13-14,17,19-20H,5-7,10-12H2,1-2H3. The fourth-order valence-corrected chi connectivity index (χ4v) is 3.99. The van der Waals surface area contributed by atoms with Gasteiger partial charge in [-0.15, -0.1) is 0 Å². The molecule has 0 saturated heterocycles. The summed E-state index contributed by atoms with van der Waals surface area (Å²) in [6.07, 6.45) is 6.59. The zero-order chi connectivity index (χ0) is 14.2. The first-order valence-electron chi connectivity index (χ1n) is 8.10. The van der Waals surface area contributed by atoms with Gasteiger partial charge in [0.15, 0.2) is 0 Å². The lowest BCUT2D eigenvalue weighted by atomic mass is 9.71. The Kier molecular flexibility index (Phi) is 3.87. The molecule has 3 atom stereocenters. The Labute approximate surface area is 122 Å². The molecule has 1 aromatic carbocycles. The normalized spacial score (nSPS) is 32.6. The van der Waals surface area contributed by atoms with E-state index in [1.54, 1.807) is 0 Å². The van der Waals surface area contributed by atoms with Gasteiger partial charge in [-0.1, -0.05) is 38.1 Å². The van der Waals surface area contributed by atoms with Gasteiger partial charge in [0.2, 0.25) is 0 Å². The van der Waals surface area contributed by atoms with Crippen molar-refractivity contribution in [2.75, 3.05) is 0 Å². The van der Waals surface area contributed by atoms with Crippen molar-refractivity contribution in [2.24, 2.45) is 0 Å². The first-order valence-corrected chi connectivity index (χ1v) is 8.10. The van der Waals surface area contributed by atoms with E-state index in [0.717, 1.165) is 19.3 Å². The van der Waals surface area contributed by atoms with Gasteiger partial charge >= 0.3 is 0 Å². The maximum Gasteiger partial charge on any atom is 0.0555 e. The zero-order valence-electron chi connectivity index (χ0n) is 12.7. The summed E-state index contributed by atoms with van der Waals surface area (Å²) in [6.45, 7) is 4.71. The Bertz CT molecular complexity index is 468. The summed E-state index contributed by atoms with van der Waals surface area (Å²) in [5.41, 5.74) is 3.27. The zero-order valence-corrected chi connectivity index (χ0v) is 12.7. The molecule has 0 spiro atoms. The van der Waals surface area contributed by atoms with Crippen LogP contribution in [-0.2, 0) is 5.41 Å². The number of hydrogen-bond donors (Lipinski definition) is 2. The van der Waals surface area contributed by atoms with Gasteiger partial charge in [0, 0.05) is 12.1 Å². The minimum absolute atomic E-state index is 0.100. The molecule has 3 rings (SSSR count). The minimum atomic E-state index is -0.100. The SMILES string of the molecule is CC1(C)CCC(NC2CCCC(O)C2)c2ccccc21. The average Bonchev–Trinajstić information content (AvgIpc) is 2.43. The highest BCUT2D eigenvalue weighted by Gasteiger charge is 2.33. The Morgan fingerprint density at radius 3 is 2.75 bits per heavy atom. The topological polar surface area (TPSA) is 32.3 Å². The Balaban J connectivity index is 1.78. The van der Waals surface area contributed by atoms with Gasteiger partial charge in [-0.05, 0) is 55.1 Å². The molecule has 0 radical (unpaired) electrons. The summed E-state index contributed by atoms with van der Waals surface area (Å²) in [6, 6.07) is 9.84. The summed E-state index contributed by atoms with van der Waals surface area (Å²) in [7, 11) is 0. The lowest BCUT2D eigenvalue weighted by molar-refractivity contribution is 0.107. The Morgan fingerprint density at radius 2 is 1.95 bits per heavy atom. The number of nitrogens with one attached hydrogen (secondary N) is 1. The van der Waals surface area contributed by atoms with Crippen molar-refractivity contribution in [3.63, 3.8) is 0 Å². The lowest BCUT2D eigenvalue weighted by Crippen LogP contribution is -2.41. The summed E-state index contributed by atoms with van der Waals surface area (Å²) in [4.78, 5) is 0. The van der Waals surface area contributed by atoms with Crippen LogP contribution in [-0.4, -0.2) is 17.3 Å². The van der Waals surface area contributed by atoms with Crippen LogP contribution >= 0.6 is 0 Å². The first kappa shape index (κ1) is 14.1. The van der Waals surface area contributed by atoms with E-state index in [1.807, 2.05) is 0 Å². The number of aliphatic hydroxyl groups is 1. The third-order valence-corrected chi connectivity index (χ3v) is 5.21. The molecule has 2 aliphatic carbocycles. The van der Waals surface area contributed by atoms with Crippen LogP contribution in [0.1, 0.15) is 69.5 Å². The van der Waals surface area contributed by atoms with Gasteiger partial charge < -0.3 is 10.4 Å². The second-order valence-electron chi connectivity index (χ2n) is 7.25. The third kappa shape index (κ3) is 2.77. The van der Waals surface area contributed by atoms with Gasteiger partial charge in [0.25, 0.3) is 0 Å². The van der Waals surface area contributed by atoms with Gasteiger partial charge in [-0.25, -0.2) is 0 Å². The number of fused-ring (bicyclic) bond motifs is 1. The van der Waals surface area contributed by atoms with Crippen molar-refractivity contribution in [3.05, 3.63) is 35.4 Å². The van der Waals surface area contributed by atoms with E-state index in [4.69, 9.17) is 0 Å². The predicted molar refractivity (Wildman–Crippen MR) is 82.8 cm³/mol. The third-order valence-electron chi connectivity index (χ3n) is 5.21. The van der Waals surface area contributed by atoms with E-state index in [0.29, 0.717) is 17.5 Å². The maximum absolute atomic E-state index is 9.85. The van der Waals surface area contributed by atoms with Crippen LogP contribution in [0, 0.1) is 0 Å². The molecular formula is C18H27NO. The molecule has 2 aliphatic rings. The smallest absolute Gasteiger partial charge is 0.0555 e. The van der Waals surface area contributed by atoms with Crippen LogP contribution < -0.4 is 5.32 Å². The molecule has 2 N–H and O–H groups in total. The lowest BCUT2D eigenvalue weighted by Gasteiger charge is -2.40. The number of benzene rings is 1. The quantitative estimate of drug-likeness (QED) is 0.861. The minimum Gasteiger partial charge on any atom is -0.393 e. The van der Waals surface area contributed by atoms with Crippen LogP contribution in [0.15, 0.2) is 24.3 Å². The molecule has 1 aromatic rings. The van der Waals surface area contributed by atoms with E-state index < -0.39 is 0 Å². The van der Waals surface area contributed by atoms with Crippen molar-refractivity contribution in [2.45, 2.75) is 76.0 Å². The molecule has 3 unspecified atom stereocenters. The van der Waals surface area contributed by atoms with Crippen LogP contribution in [0.4, 0.5) is 0 Å².